The molecular weight excluding hydrogens is 353 g/mol. The second-order valence-electron chi connectivity index (χ2n) is 6.96. The maximum atomic E-state index is 13.4. The average molecular weight is 375 g/mol. The summed E-state index contributed by atoms with van der Waals surface area (Å²) in [4.78, 5) is 5.27. The van der Waals surface area contributed by atoms with E-state index in [1.54, 1.807) is 0 Å². The van der Waals surface area contributed by atoms with E-state index in [0.29, 0.717) is 17.9 Å². The molecule has 3 heterocycles. The highest BCUT2D eigenvalue weighted by atomic mass is 19.1. The van der Waals surface area contributed by atoms with Crippen LogP contribution in [0, 0.1) is 17.1 Å². The molecular formula is C22H22FN5. The molecule has 1 aliphatic heterocycles. The molecule has 4 rings (SSSR count). The van der Waals surface area contributed by atoms with Crippen molar-refractivity contribution in [3.05, 3.63) is 58.7 Å². The Bertz CT molecular complexity index is 1110. The van der Waals surface area contributed by atoms with Gasteiger partial charge in [-0.1, -0.05) is 19.9 Å². The predicted octanol–water partition coefficient (Wildman–Crippen LogP) is 4.39. The van der Waals surface area contributed by atoms with Gasteiger partial charge in [-0.25, -0.2) is 4.39 Å². The average Bonchev–Trinajstić information content (AvgIpc) is 3.15. The first-order valence-corrected chi connectivity index (χ1v) is 9.65. The molecule has 0 saturated heterocycles. The summed E-state index contributed by atoms with van der Waals surface area (Å²) >= 11 is 0. The SMILES string of the molecule is CCc1nnc(N2CC=C(c3c[nH]c4cc(F)ccc34)CC2)c(C#N)c1CC. The summed E-state index contributed by atoms with van der Waals surface area (Å²) in [6.45, 7) is 5.51. The van der Waals surface area contributed by atoms with Crippen LogP contribution >= 0.6 is 0 Å². The summed E-state index contributed by atoms with van der Waals surface area (Å²) in [5.41, 5.74) is 5.69. The van der Waals surface area contributed by atoms with E-state index in [1.807, 2.05) is 19.2 Å². The number of fused-ring (bicyclic) bond motifs is 1. The van der Waals surface area contributed by atoms with Crippen molar-refractivity contribution in [2.75, 3.05) is 18.0 Å². The van der Waals surface area contributed by atoms with Gasteiger partial charge >= 0.3 is 0 Å². The van der Waals surface area contributed by atoms with E-state index in [1.165, 1.54) is 17.7 Å². The molecule has 0 atom stereocenters. The molecule has 0 radical (unpaired) electrons. The molecule has 28 heavy (non-hydrogen) atoms. The van der Waals surface area contributed by atoms with Crippen molar-refractivity contribution in [2.24, 2.45) is 0 Å². The number of aromatic nitrogens is 3. The first-order valence-electron chi connectivity index (χ1n) is 9.65. The number of aromatic amines is 1. The van der Waals surface area contributed by atoms with Crippen molar-refractivity contribution in [3.63, 3.8) is 0 Å². The van der Waals surface area contributed by atoms with Gasteiger partial charge in [0.2, 0.25) is 0 Å². The van der Waals surface area contributed by atoms with E-state index >= 15 is 0 Å². The monoisotopic (exact) mass is 375 g/mol. The number of halogens is 1. The van der Waals surface area contributed by atoms with E-state index in [0.717, 1.165) is 53.5 Å². The van der Waals surface area contributed by atoms with Crippen LogP contribution in [0.15, 0.2) is 30.5 Å². The molecule has 1 aromatic carbocycles. The Balaban J connectivity index is 1.65. The zero-order valence-electron chi connectivity index (χ0n) is 16.1. The van der Waals surface area contributed by atoms with E-state index in [4.69, 9.17) is 0 Å². The van der Waals surface area contributed by atoms with Crippen LogP contribution in [-0.2, 0) is 12.8 Å². The first kappa shape index (κ1) is 18.2. The topological polar surface area (TPSA) is 68.6 Å². The normalized spacial score (nSPS) is 14.2. The van der Waals surface area contributed by atoms with Crippen molar-refractivity contribution in [2.45, 2.75) is 33.1 Å². The Labute approximate surface area is 163 Å². The lowest BCUT2D eigenvalue weighted by molar-refractivity contribution is 0.629. The third kappa shape index (κ3) is 3.03. The highest BCUT2D eigenvalue weighted by Gasteiger charge is 2.22. The lowest BCUT2D eigenvalue weighted by Gasteiger charge is -2.28. The van der Waals surface area contributed by atoms with Gasteiger partial charge in [0.15, 0.2) is 5.82 Å². The van der Waals surface area contributed by atoms with Gasteiger partial charge in [-0.15, -0.1) is 5.10 Å². The Kier molecular flexibility index (Phi) is 4.82. The molecule has 0 spiro atoms. The lowest BCUT2D eigenvalue weighted by Crippen LogP contribution is -2.30. The lowest BCUT2D eigenvalue weighted by atomic mass is 9.98. The summed E-state index contributed by atoms with van der Waals surface area (Å²) in [5, 5.41) is 19.5. The molecule has 0 bridgehead atoms. The van der Waals surface area contributed by atoms with Gasteiger partial charge in [0.05, 0.1) is 5.69 Å². The fourth-order valence-corrected chi connectivity index (χ4v) is 3.97. The minimum atomic E-state index is -0.241. The molecule has 1 aliphatic rings. The van der Waals surface area contributed by atoms with Gasteiger partial charge in [-0.3, -0.25) is 0 Å². The summed E-state index contributed by atoms with van der Waals surface area (Å²) in [5.74, 6) is 0.433. The smallest absolute Gasteiger partial charge is 0.169 e. The Morgan fingerprint density at radius 2 is 2.11 bits per heavy atom. The minimum absolute atomic E-state index is 0.241. The summed E-state index contributed by atoms with van der Waals surface area (Å²) in [7, 11) is 0. The Hall–Kier alpha value is -3.20. The standard InChI is InChI=1S/C22H22FN5/c1-3-16-18(12-24)22(27-26-20(16)4-2)28-9-7-14(8-10-28)19-13-25-21-11-15(23)5-6-17(19)21/h5-7,11,13,25H,3-4,8-10H2,1-2H3. The second-order valence-corrected chi connectivity index (χ2v) is 6.96. The molecule has 0 unspecified atom stereocenters. The number of aryl methyl sites for hydroxylation is 1. The molecule has 3 aromatic rings. The van der Waals surface area contributed by atoms with Crippen LogP contribution in [0.5, 0.6) is 0 Å². The largest absolute Gasteiger partial charge is 0.360 e. The number of nitrogens with one attached hydrogen (secondary N) is 1. The number of benzene rings is 1. The van der Waals surface area contributed by atoms with E-state index in [9.17, 15) is 9.65 Å². The van der Waals surface area contributed by atoms with Crippen LogP contribution in [0.3, 0.4) is 0 Å². The highest BCUT2D eigenvalue weighted by molar-refractivity contribution is 5.93. The number of hydrogen-bond acceptors (Lipinski definition) is 4. The van der Waals surface area contributed by atoms with Crippen LogP contribution in [0.1, 0.15) is 42.7 Å². The molecule has 1 N–H and O–H groups in total. The van der Waals surface area contributed by atoms with Crippen LogP contribution in [0.2, 0.25) is 0 Å². The van der Waals surface area contributed by atoms with Gasteiger partial charge in [0, 0.05) is 35.8 Å². The third-order valence-corrected chi connectivity index (χ3v) is 5.44. The van der Waals surface area contributed by atoms with E-state index in [2.05, 4.69) is 39.2 Å². The first-order chi connectivity index (χ1) is 13.7. The summed E-state index contributed by atoms with van der Waals surface area (Å²) in [6, 6.07) is 7.18. The van der Waals surface area contributed by atoms with Crippen LogP contribution in [0.4, 0.5) is 10.2 Å². The molecule has 142 valence electrons. The quantitative estimate of drug-likeness (QED) is 0.734. The van der Waals surface area contributed by atoms with Crippen LogP contribution in [0.25, 0.3) is 16.5 Å². The maximum Gasteiger partial charge on any atom is 0.169 e. The Morgan fingerprint density at radius 1 is 1.25 bits per heavy atom. The predicted molar refractivity (Wildman–Crippen MR) is 109 cm³/mol. The van der Waals surface area contributed by atoms with Gasteiger partial charge in [0.1, 0.15) is 17.4 Å². The highest BCUT2D eigenvalue weighted by Crippen LogP contribution is 2.32. The number of nitrogens with zero attached hydrogens (tertiary/aromatic N) is 4. The third-order valence-electron chi connectivity index (χ3n) is 5.44. The van der Waals surface area contributed by atoms with Crippen molar-refractivity contribution < 1.29 is 4.39 Å². The minimum Gasteiger partial charge on any atom is -0.360 e. The number of H-pyrrole nitrogens is 1. The molecule has 0 saturated carbocycles. The molecule has 0 amide bonds. The number of hydrogen-bond donors (Lipinski definition) is 1. The van der Waals surface area contributed by atoms with E-state index in [-0.39, 0.29) is 5.82 Å². The number of nitriles is 1. The second kappa shape index (κ2) is 7.43. The molecule has 2 aromatic heterocycles. The fourth-order valence-electron chi connectivity index (χ4n) is 3.97. The van der Waals surface area contributed by atoms with Gasteiger partial charge in [-0.2, -0.15) is 10.4 Å². The number of rotatable bonds is 4. The van der Waals surface area contributed by atoms with Gasteiger partial charge in [0.25, 0.3) is 0 Å². The van der Waals surface area contributed by atoms with Crippen molar-refractivity contribution in [3.8, 4) is 6.07 Å². The van der Waals surface area contributed by atoms with Crippen molar-refractivity contribution >= 4 is 22.3 Å². The maximum absolute atomic E-state index is 13.4. The summed E-state index contributed by atoms with van der Waals surface area (Å²) in [6.07, 6.45) is 6.48. The van der Waals surface area contributed by atoms with Crippen molar-refractivity contribution in [1.82, 2.24) is 15.2 Å². The zero-order valence-corrected chi connectivity index (χ0v) is 16.1. The molecule has 0 fully saturated rings. The summed E-state index contributed by atoms with van der Waals surface area (Å²) < 4.78 is 13.4. The van der Waals surface area contributed by atoms with Crippen LogP contribution in [-0.4, -0.2) is 28.3 Å². The zero-order chi connectivity index (χ0) is 19.7. The molecule has 0 aliphatic carbocycles. The van der Waals surface area contributed by atoms with Gasteiger partial charge < -0.3 is 9.88 Å². The fraction of sp³-hybridized carbons (Fsp3) is 0.318. The molecule has 5 nitrogen and oxygen atoms in total. The van der Waals surface area contributed by atoms with E-state index < -0.39 is 0 Å². The van der Waals surface area contributed by atoms with Crippen LogP contribution < -0.4 is 4.90 Å². The Morgan fingerprint density at radius 3 is 2.79 bits per heavy atom. The van der Waals surface area contributed by atoms with Gasteiger partial charge in [-0.05, 0) is 48.6 Å². The molecule has 6 heteroatoms. The van der Waals surface area contributed by atoms with Crippen molar-refractivity contribution in [1.29, 1.82) is 5.26 Å². The number of anilines is 1.